The Labute approximate surface area is 127 Å². The van der Waals surface area contributed by atoms with Crippen LogP contribution in [0.25, 0.3) is 0 Å². The smallest absolute Gasteiger partial charge is 0.163 e. The molecule has 0 saturated heterocycles. The molecular weight excluding hydrogens is 288 g/mol. The molecule has 1 aliphatic heterocycles. The SMILES string of the molecule is CC(C)(C)C1c2cccnc2SCc2c1ccc(F)c2F. The summed E-state index contributed by atoms with van der Waals surface area (Å²) in [5.41, 5.74) is 2.33. The molecule has 0 radical (unpaired) electrons. The second-order valence-corrected chi connectivity index (χ2v) is 7.38. The number of hydrogen-bond donors (Lipinski definition) is 0. The van der Waals surface area contributed by atoms with Crippen molar-refractivity contribution >= 4 is 11.8 Å². The average Bonchev–Trinajstić information content (AvgIpc) is 2.59. The Kier molecular flexibility index (Phi) is 3.52. The third-order valence-corrected chi connectivity index (χ3v) is 4.92. The van der Waals surface area contributed by atoms with E-state index in [9.17, 15) is 8.78 Å². The summed E-state index contributed by atoms with van der Waals surface area (Å²) in [7, 11) is 0. The number of rotatable bonds is 0. The molecule has 0 fully saturated rings. The van der Waals surface area contributed by atoms with Crippen LogP contribution in [0.4, 0.5) is 8.78 Å². The van der Waals surface area contributed by atoms with Crippen molar-refractivity contribution in [1.29, 1.82) is 0 Å². The summed E-state index contributed by atoms with van der Waals surface area (Å²) >= 11 is 1.48. The van der Waals surface area contributed by atoms with E-state index in [1.165, 1.54) is 17.8 Å². The maximum atomic E-state index is 14.2. The number of fused-ring (bicyclic) bond motifs is 2. The van der Waals surface area contributed by atoms with Crippen LogP contribution in [0.2, 0.25) is 0 Å². The van der Waals surface area contributed by atoms with Crippen molar-refractivity contribution in [3.05, 3.63) is 58.8 Å². The topological polar surface area (TPSA) is 12.9 Å². The summed E-state index contributed by atoms with van der Waals surface area (Å²) < 4.78 is 27.8. The quantitative estimate of drug-likeness (QED) is 0.668. The first-order valence-electron chi connectivity index (χ1n) is 6.94. The van der Waals surface area contributed by atoms with Gasteiger partial charge in [0.15, 0.2) is 11.6 Å². The molecule has 0 saturated carbocycles. The van der Waals surface area contributed by atoms with Gasteiger partial charge in [0, 0.05) is 23.4 Å². The van der Waals surface area contributed by atoms with Crippen molar-refractivity contribution in [1.82, 2.24) is 4.98 Å². The van der Waals surface area contributed by atoms with Crippen LogP contribution in [0.1, 0.15) is 43.4 Å². The van der Waals surface area contributed by atoms with E-state index in [1.807, 2.05) is 12.1 Å². The lowest BCUT2D eigenvalue weighted by Gasteiger charge is -2.32. The zero-order valence-corrected chi connectivity index (χ0v) is 13.1. The van der Waals surface area contributed by atoms with E-state index in [0.29, 0.717) is 11.3 Å². The minimum absolute atomic E-state index is 0.00120. The highest BCUT2D eigenvalue weighted by atomic mass is 32.2. The molecule has 0 bridgehead atoms. The van der Waals surface area contributed by atoms with Crippen molar-refractivity contribution in [2.75, 3.05) is 0 Å². The molecule has 3 rings (SSSR count). The van der Waals surface area contributed by atoms with Gasteiger partial charge in [-0.05, 0) is 28.7 Å². The Morgan fingerprint density at radius 2 is 1.90 bits per heavy atom. The molecule has 1 aromatic heterocycles. The van der Waals surface area contributed by atoms with Crippen LogP contribution in [0.3, 0.4) is 0 Å². The summed E-state index contributed by atoms with van der Waals surface area (Å²) in [6.07, 6.45) is 1.75. The zero-order chi connectivity index (χ0) is 15.2. The summed E-state index contributed by atoms with van der Waals surface area (Å²) in [6.45, 7) is 6.36. The molecule has 21 heavy (non-hydrogen) atoms. The lowest BCUT2D eigenvalue weighted by atomic mass is 9.72. The van der Waals surface area contributed by atoms with Crippen LogP contribution in [0.5, 0.6) is 0 Å². The van der Waals surface area contributed by atoms with Gasteiger partial charge in [-0.2, -0.15) is 0 Å². The van der Waals surface area contributed by atoms with Crippen LogP contribution in [-0.2, 0) is 5.75 Å². The molecule has 4 heteroatoms. The van der Waals surface area contributed by atoms with E-state index in [0.717, 1.165) is 16.2 Å². The Morgan fingerprint density at radius 1 is 1.14 bits per heavy atom. The van der Waals surface area contributed by atoms with E-state index < -0.39 is 11.6 Å². The third-order valence-electron chi connectivity index (χ3n) is 3.87. The molecule has 1 aromatic carbocycles. The normalized spacial score (nSPS) is 17.9. The predicted octanol–water partition coefficient (Wildman–Crippen LogP) is 5.14. The average molecular weight is 305 g/mol. The van der Waals surface area contributed by atoms with Gasteiger partial charge in [0.25, 0.3) is 0 Å². The number of pyridine rings is 1. The molecular formula is C17H17F2NS. The van der Waals surface area contributed by atoms with Gasteiger partial charge in [-0.25, -0.2) is 13.8 Å². The van der Waals surface area contributed by atoms with Crippen LogP contribution in [0.15, 0.2) is 35.5 Å². The largest absolute Gasteiger partial charge is 0.250 e. The van der Waals surface area contributed by atoms with Crippen LogP contribution in [-0.4, -0.2) is 4.98 Å². The number of benzene rings is 1. The van der Waals surface area contributed by atoms with Gasteiger partial charge < -0.3 is 0 Å². The third kappa shape index (κ3) is 2.46. The molecule has 0 N–H and O–H groups in total. The highest BCUT2D eigenvalue weighted by Crippen LogP contribution is 2.48. The van der Waals surface area contributed by atoms with Gasteiger partial charge in [0.05, 0.1) is 0 Å². The Bertz CT molecular complexity index is 692. The molecule has 2 heterocycles. The fourth-order valence-corrected chi connectivity index (χ4v) is 4.07. The number of nitrogens with zero attached hydrogens (tertiary/aromatic N) is 1. The van der Waals surface area contributed by atoms with Gasteiger partial charge in [0.2, 0.25) is 0 Å². The van der Waals surface area contributed by atoms with E-state index >= 15 is 0 Å². The van der Waals surface area contributed by atoms with Crippen molar-refractivity contribution < 1.29 is 8.78 Å². The Morgan fingerprint density at radius 3 is 2.62 bits per heavy atom. The van der Waals surface area contributed by atoms with Gasteiger partial charge in [-0.1, -0.05) is 32.9 Å². The first-order chi connectivity index (χ1) is 9.89. The molecule has 1 aliphatic rings. The summed E-state index contributed by atoms with van der Waals surface area (Å²) in [6, 6.07) is 6.91. The fraction of sp³-hybridized carbons (Fsp3) is 0.353. The summed E-state index contributed by atoms with van der Waals surface area (Å²) in [4.78, 5) is 4.42. The standard InChI is InChI=1S/C17H17F2NS/c1-17(2,3)14-10-6-7-13(18)15(19)12(10)9-21-16-11(14)5-4-8-20-16/h4-8,14H,9H2,1-3H3. The minimum atomic E-state index is -0.777. The summed E-state index contributed by atoms with van der Waals surface area (Å²) in [5.74, 6) is -1.08. The van der Waals surface area contributed by atoms with Crippen LogP contribution < -0.4 is 0 Å². The van der Waals surface area contributed by atoms with Gasteiger partial charge in [0.1, 0.15) is 5.03 Å². The molecule has 2 aromatic rings. The maximum absolute atomic E-state index is 14.2. The first-order valence-corrected chi connectivity index (χ1v) is 7.92. The second kappa shape index (κ2) is 5.09. The van der Waals surface area contributed by atoms with E-state index in [1.54, 1.807) is 12.3 Å². The zero-order valence-electron chi connectivity index (χ0n) is 12.3. The lowest BCUT2D eigenvalue weighted by molar-refractivity contribution is 0.352. The van der Waals surface area contributed by atoms with Crippen molar-refractivity contribution in [3.8, 4) is 0 Å². The van der Waals surface area contributed by atoms with Crippen LogP contribution >= 0.6 is 11.8 Å². The van der Waals surface area contributed by atoms with E-state index in [2.05, 4.69) is 25.8 Å². The maximum Gasteiger partial charge on any atom is 0.163 e. The molecule has 1 unspecified atom stereocenters. The van der Waals surface area contributed by atoms with Gasteiger partial charge >= 0.3 is 0 Å². The van der Waals surface area contributed by atoms with Gasteiger partial charge in [-0.3, -0.25) is 0 Å². The molecule has 110 valence electrons. The predicted molar refractivity (Wildman–Crippen MR) is 81.5 cm³/mol. The van der Waals surface area contributed by atoms with Gasteiger partial charge in [-0.15, -0.1) is 11.8 Å². The second-order valence-electron chi connectivity index (χ2n) is 6.41. The molecule has 1 nitrogen and oxygen atoms in total. The first kappa shape index (κ1) is 14.5. The lowest BCUT2D eigenvalue weighted by Crippen LogP contribution is -2.21. The van der Waals surface area contributed by atoms with Crippen molar-refractivity contribution in [2.45, 2.75) is 37.5 Å². The molecule has 0 amide bonds. The minimum Gasteiger partial charge on any atom is -0.250 e. The highest BCUT2D eigenvalue weighted by Gasteiger charge is 2.35. The summed E-state index contributed by atoms with van der Waals surface area (Å²) in [5, 5.41) is 0.911. The number of aromatic nitrogens is 1. The molecule has 0 spiro atoms. The van der Waals surface area contributed by atoms with Crippen molar-refractivity contribution in [3.63, 3.8) is 0 Å². The van der Waals surface area contributed by atoms with E-state index in [4.69, 9.17) is 0 Å². The molecule has 1 atom stereocenters. The monoisotopic (exact) mass is 305 g/mol. The van der Waals surface area contributed by atoms with Crippen LogP contribution in [0, 0.1) is 17.0 Å². The van der Waals surface area contributed by atoms with E-state index in [-0.39, 0.29) is 11.3 Å². The van der Waals surface area contributed by atoms with Crippen molar-refractivity contribution in [2.24, 2.45) is 5.41 Å². The fourth-order valence-electron chi connectivity index (χ4n) is 3.01. The molecule has 0 aliphatic carbocycles. The number of hydrogen-bond acceptors (Lipinski definition) is 2. The highest BCUT2D eigenvalue weighted by molar-refractivity contribution is 7.98. The Balaban J connectivity index is 2.29. The number of halogens is 2. The number of thioether (sulfide) groups is 1. The Hall–Kier alpha value is -1.42.